The van der Waals surface area contributed by atoms with Crippen LogP contribution in [0.1, 0.15) is 18.0 Å². The monoisotopic (exact) mass is 241 g/mol. The molecule has 2 heteroatoms. The van der Waals surface area contributed by atoms with Crippen LogP contribution in [0.5, 0.6) is 0 Å². The molecule has 92 valence electrons. The van der Waals surface area contributed by atoms with Gasteiger partial charge in [-0.2, -0.15) is 0 Å². The van der Waals surface area contributed by atoms with E-state index in [0.29, 0.717) is 0 Å². The fourth-order valence-electron chi connectivity index (χ4n) is 1.88. The van der Waals surface area contributed by atoms with Crippen LogP contribution in [-0.2, 0) is 0 Å². The number of hydrogen-bond acceptors (Lipinski definition) is 1. The zero-order valence-electron chi connectivity index (χ0n) is 10.1. The summed E-state index contributed by atoms with van der Waals surface area (Å²) >= 11 is 0. The van der Waals surface area contributed by atoms with Gasteiger partial charge in [0.05, 0.1) is 6.04 Å². The van der Waals surface area contributed by atoms with Gasteiger partial charge in [-0.3, -0.25) is 0 Å². The molecule has 2 aromatic rings. The summed E-state index contributed by atoms with van der Waals surface area (Å²) in [6, 6.07) is 16.7. The first-order valence-electron chi connectivity index (χ1n) is 5.97. The molecule has 0 aliphatic rings. The first-order chi connectivity index (χ1) is 8.79. The fourth-order valence-corrected chi connectivity index (χ4v) is 1.88. The van der Waals surface area contributed by atoms with E-state index in [2.05, 4.69) is 24.0 Å². The summed E-state index contributed by atoms with van der Waals surface area (Å²) in [5, 5.41) is 3.39. The molecule has 0 saturated carbocycles. The standard InChI is InChI=1S/C16H16FN/c1-2-6-16(13-7-4-3-5-8-13)18-15-11-9-14(17)10-12-15/h2-5,7-12,16,18H,1,6H2. The Bertz CT molecular complexity index is 490. The highest BCUT2D eigenvalue weighted by Crippen LogP contribution is 2.22. The first-order valence-corrected chi connectivity index (χ1v) is 5.97. The minimum Gasteiger partial charge on any atom is -0.378 e. The van der Waals surface area contributed by atoms with Gasteiger partial charge in [0.1, 0.15) is 5.82 Å². The topological polar surface area (TPSA) is 12.0 Å². The minimum absolute atomic E-state index is 0.161. The lowest BCUT2D eigenvalue weighted by molar-refractivity contribution is 0.628. The molecule has 0 aliphatic carbocycles. The molecule has 0 fully saturated rings. The molecule has 0 heterocycles. The van der Waals surface area contributed by atoms with Gasteiger partial charge in [0.2, 0.25) is 0 Å². The maximum absolute atomic E-state index is 12.9. The van der Waals surface area contributed by atoms with Gasteiger partial charge in [-0.25, -0.2) is 4.39 Å². The van der Waals surface area contributed by atoms with Crippen molar-refractivity contribution in [2.75, 3.05) is 5.32 Å². The van der Waals surface area contributed by atoms with E-state index in [0.717, 1.165) is 12.1 Å². The SMILES string of the molecule is C=CCC(Nc1ccc(F)cc1)c1ccccc1. The maximum Gasteiger partial charge on any atom is 0.123 e. The number of anilines is 1. The van der Waals surface area contributed by atoms with Crippen LogP contribution in [0.3, 0.4) is 0 Å². The van der Waals surface area contributed by atoms with E-state index in [1.807, 2.05) is 24.3 Å². The molecule has 0 amide bonds. The summed E-state index contributed by atoms with van der Waals surface area (Å²) in [5.74, 6) is -0.222. The molecule has 2 rings (SSSR count). The number of rotatable bonds is 5. The molecule has 1 atom stereocenters. The molecule has 0 saturated heterocycles. The van der Waals surface area contributed by atoms with Gasteiger partial charge in [-0.05, 0) is 36.2 Å². The summed E-state index contributed by atoms with van der Waals surface area (Å²) in [6.07, 6.45) is 2.70. The highest BCUT2D eigenvalue weighted by molar-refractivity contribution is 5.45. The van der Waals surface area contributed by atoms with E-state index in [1.165, 1.54) is 17.7 Å². The number of benzene rings is 2. The van der Waals surface area contributed by atoms with E-state index in [1.54, 1.807) is 12.1 Å². The predicted octanol–water partition coefficient (Wildman–Crippen LogP) is 4.56. The molecule has 2 aromatic carbocycles. The molecule has 0 spiro atoms. The van der Waals surface area contributed by atoms with Crippen molar-refractivity contribution in [3.8, 4) is 0 Å². The van der Waals surface area contributed by atoms with E-state index >= 15 is 0 Å². The van der Waals surface area contributed by atoms with Gasteiger partial charge < -0.3 is 5.32 Å². The van der Waals surface area contributed by atoms with Crippen LogP contribution in [0.2, 0.25) is 0 Å². The zero-order chi connectivity index (χ0) is 12.8. The van der Waals surface area contributed by atoms with Crippen molar-refractivity contribution in [2.24, 2.45) is 0 Å². The summed E-state index contributed by atoms with van der Waals surface area (Å²) < 4.78 is 12.9. The Morgan fingerprint density at radius 2 is 1.72 bits per heavy atom. The Kier molecular flexibility index (Phi) is 4.13. The molecule has 0 bridgehead atoms. The van der Waals surface area contributed by atoms with Gasteiger partial charge in [0.25, 0.3) is 0 Å². The Labute approximate surface area is 107 Å². The lowest BCUT2D eigenvalue weighted by Crippen LogP contribution is -2.09. The van der Waals surface area contributed by atoms with Crippen molar-refractivity contribution in [1.29, 1.82) is 0 Å². The molecule has 1 nitrogen and oxygen atoms in total. The lowest BCUT2D eigenvalue weighted by Gasteiger charge is -2.19. The fraction of sp³-hybridized carbons (Fsp3) is 0.125. The second-order valence-corrected chi connectivity index (χ2v) is 4.14. The van der Waals surface area contributed by atoms with Crippen LogP contribution in [0.15, 0.2) is 67.3 Å². The van der Waals surface area contributed by atoms with Crippen molar-refractivity contribution < 1.29 is 4.39 Å². The molecule has 0 aliphatic heterocycles. The molecular formula is C16H16FN. The zero-order valence-corrected chi connectivity index (χ0v) is 10.1. The molecule has 1 N–H and O–H groups in total. The molecule has 1 unspecified atom stereocenters. The second kappa shape index (κ2) is 6.01. The van der Waals surface area contributed by atoms with Crippen LogP contribution >= 0.6 is 0 Å². The predicted molar refractivity (Wildman–Crippen MR) is 74.0 cm³/mol. The smallest absolute Gasteiger partial charge is 0.123 e. The summed E-state index contributed by atoms with van der Waals surface area (Å²) in [4.78, 5) is 0. The van der Waals surface area contributed by atoms with Gasteiger partial charge in [0, 0.05) is 5.69 Å². The van der Waals surface area contributed by atoms with Crippen molar-refractivity contribution in [2.45, 2.75) is 12.5 Å². The summed E-state index contributed by atoms with van der Waals surface area (Å²) in [5.41, 5.74) is 2.11. The van der Waals surface area contributed by atoms with E-state index in [9.17, 15) is 4.39 Å². The Balaban J connectivity index is 2.16. The van der Waals surface area contributed by atoms with Crippen molar-refractivity contribution in [3.05, 3.63) is 78.6 Å². The third-order valence-electron chi connectivity index (χ3n) is 2.79. The quantitative estimate of drug-likeness (QED) is 0.757. The third-order valence-corrected chi connectivity index (χ3v) is 2.79. The number of hydrogen-bond donors (Lipinski definition) is 1. The average molecular weight is 241 g/mol. The van der Waals surface area contributed by atoms with Crippen LogP contribution in [-0.4, -0.2) is 0 Å². The highest BCUT2D eigenvalue weighted by atomic mass is 19.1. The average Bonchev–Trinajstić information content (AvgIpc) is 2.42. The third kappa shape index (κ3) is 3.20. The second-order valence-electron chi connectivity index (χ2n) is 4.14. The van der Waals surface area contributed by atoms with E-state index in [4.69, 9.17) is 0 Å². The lowest BCUT2D eigenvalue weighted by atomic mass is 10.0. The van der Waals surface area contributed by atoms with Crippen LogP contribution in [0.4, 0.5) is 10.1 Å². The number of halogens is 1. The Hall–Kier alpha value is -2.09. The first kappa shape index (κ1) is 12.4. The van der Waals surface area contributed by atoms with Crippen molar-refractivity contribution in [3.63, 3.8) is 0 Å². The van der Waals surface area contributed by atoms with Crippen LogP contribution in [0, 0.1) is 5.82 Å². The minimum atomic E-state index is -0.222. The van der Waals surface area contributed by atoms with Gasteiger partial charge >= 0.3 is 0 Å². The van der Waals surface area contributed by atoms with E-state index < -0.39 is 0 Å². The van der Waals surface area contributed by atoms with Gasteiger partial charge in [-0.1, -0.05) is 36.4 Å². The summed E-state index contributed by atoms with van der Waals surface area (Å²) in [6.45, 7) is 3.78. The van der Waals surface area contributed by atoms with Gasteiger partial charge in [0.15, 0.2) is 0 Å². The van der Waals surface area contributed by atoms with E-state index in [-0.39, 0.29) is 11.9 Å². The Morgan fingerprint density at radius 1 is 1.06 bits per heavy atom. The molecule has 18 heavy (non-hydrogen) atoms. The number of nitrogens with one attached hydrogen (secondary N) is 1. The Morgan fingerprint density at radius 3 is 2.33 bits per heavy atom. The van der Waals surface area contributed by atoms with Crippen molar-refractivity contribution in [1.82, 2.24) is 0 Å². The van der Waals surface area contributed by atoms with Gasteiger partial charge in [-0.15, -0.1) is 6.58 Å². The summed E-state index contributed by atoms with van der Waals surface area (Å²) in [7, 11) is 0. The van der Waals surface area contributed by atoms with Crippen LogP contribution in [0.25, 0.3) is 0 Å². The molecule has 0 aromatic heterocycles. The molecule has 0 radical (unpaired) electrons. The maximum atomic E-state index is 12.9. The van der Waals surface area contributed by atoms with Crippen LogP contribution < -0.4 is 5.32 Å². The highest BCUT2D eigenvalue weighted by Gasteiger charge is 2.08. The molecular weight excluding hydrogens is 225 g/mol. The van der Waals surface area contributed by atoms with Crippen molar-refractivity contribution >= 4 is 5.69 Å². The normalized spacial score (nSPS) is 11.8. The largest absolute Gasteiger partial charge is 0.378 e.